The third-order valence-corrected chi connectivity index (χ3v) is 4.27. The second kappa shape index (κ2) is 6.14. The first-order valence-corrected chi connectivity index (χ1v) is 6.89. The lowest BCUT2D eigenvalue weighted by molar-refractivity contribution is -0.104. The monoisotopic (exact) mass is 243 g/mol. The second-order valence-electron chi connectivity index (χ2n) is 5.37. The first-order valence-electron chi connectivity index (χ1n) is 6.89. The molecule has 0 aromatic rings. The Balaban J connectivity index is 1.94. The highest BCUT2D eigenvalue weighted by atomic mass is 16.5. The normalized spacial score (nSPS) is 28.1. The molecule has 17 heavy (non-hydrogen) atoms. The fraction of sp³-hybridized carbons (Fsp3) is 1.00. The van der Waals surface area contributed by atoms with Gasteiger partial charge in [0, 0.05) is 25.7 Å². The van der Waals surface area contributed by atoms with Gasteiger partial charge in [-0.05, 0) is 25.7 Å². The van der Waals surface area contributed by atoms with Crippen LogP contribution >= 0.6 is 0 Å². The molecule has 4 heteroatoms. The van der Waals surface area contributed by atoms with Crippen LogP contribution in [0.2, 0.25) is 0 Å². The van der Waals surface area contributed by atoms with E-state index in [2.05, 4.69) is 4.90 Å². The molecule has 2 aliphatic rings. The molecule has 0 amide bonds. The van der Waals surface area contributed by atoms with E-state index < -0.39 is 0 Å². The van der Waals surface area contributed by atoms with Crippen LogP contribution in [-0.4, -0.2) is 59.7 Å². The summed E-state index contributed by atoms with van der Waals surface area (Å²) >= 11 is 0. The van der Waals surface area contributed by atoms with Gasteiger partial charge in [-0.1, -0.05) is 12.8 Å². The van der Waals surface area contributed by atoms with E-state index in [1.807, 2.05) is 0 Å². The Morgan fingerprint density at radius 3 is 2.35 bits per heavy atom. The number of hydrogen-bond acceptors (Lipinski definition) is 4. The Labute approximate surface area is 104 Å². The van der Waals surface area contributed by atoms with Crippen LogP contribution in [0, 0.1) is 0 Å². The summed E-state index contributed by atoms with van der Waals surface area (Å²) in [7, 11) is 0. The average molecular weight is 243 g/mol. The molecule has 0 aromatic carbocycles. The second-order valence-corrected chi connectivity index (χ2v) is 5.37. The standard InChI is InChI=1S/C13H25NO3/c15-8-6-14(7-9-16)12-3-10-17-13(11-12)4-1-2-5-13/h12,15-16H,1-11H2. The van der Waals surface area contributed by atoms with Crippen molar-refractivity contribution < 1.29 is 14.9 Å². The van der Waals surface area contributed by atoms with Crippen molar-refractivity contribution >= 4 is 0 Å². The van der Waals surface area contributed by atoms with E-state index >= 15 is 0 Å². The molecule has 0 aromatic heterocycles. The Kier molecular flexibility index (Phi) is 4.79. The molecule has 4 nitrogen and oxygen atoms in total. The minimum Gasteiger partial charge on any atom is -0.395 e. The maximum absolute atomic E-state index is 9.10. The van der Waals surface area contributed by atoms with Gasteiger partial charge in [-0.2, -0.15) is 0 Å². The number of rotatable bonds is 5. The molecule has 0 radical (unpaired) electrons. The maximum Gasteiger partial charge on any atom is 0.0697 e. The van der Waals surface area contributed by atoms with Crippen molar-refractivity contribution in [1.29, 1.82) is 0 Å². The number of nitrogens with zero attached hydrogens (tertiary/aromatic N) is 1. The maximum atomic E-state index is 9.10. The topological polar surface area (TPSA) is 52.9 Å². The molecule has 0 bridgehead atoms. The summed E-state index contributed by atoms with van der Waals surface area (Å²) in [5.74, 6) is 0. The van der Waals surface area contributed by atoms with Crippen LogP contribution in [0.5, 0.6) is 0 Å². The summed E-state index contributed by atoms with van der Waals surface area (Å²) in [5, 5.41) is 18.2. The van der Waals surface area contributed by atoms with Crippen molar-refractivity contribution in [2.75, 3.05) is 32.9 Å². The smallest absolute Gasteiger partial charge is 0.0697 e. The van der Waals surface area contributed by atoms with Crippen molar-refractivity contribution in [2.45, 2.75) is 50.2 Å². The fourth-order valence-electron chi connectivity index (χ4n) is 3.42. The molecule has 100 valence electrons. The van der Waals surface area contributed by atoms with Gasteiger partial charge in [-0.15, -0.1) is 0 Å². The van der Waals surface area contributed by atoms with Crippen LogP contribution in [-0.2, 0) is 4.74 Å². The minimum absolute atomic E-state index is 0.117. The van der Waals surface area contributed by atoms with Crippen LogP contribution in [0.1, 0.15) is 38.5 Å². The van der Waals surface area contributed by atoms with E-state index in [1.165, 1.54) is 25.7 Å². The van der Waals surface area contributed by atoms with E-state index in [1.54, 1.807) is 0 Å². The highest BCUT2D eigenvalue weighted by molar-refractivity contribution is 4.94. The number of ether oxygens (including phenoxy) is 1. The zero-order chi connectivity index (χ0) is 12.1. The van der Waals surface area contributed by atoms with Gasteiger partial charge in [0.05, 0.1) is 18.8 Å². The quantitative estimate of drug-likeness (QED) is 0.749. The van der Waals surface area contributed by atoms with Crippen LogP contribution in [0.3, 0.4) is 0 Å². The summed E-state index contributed by atoms with van der Waals surface area (Å²) in [6.07, 6.45) is 7.05. The molecule has 2 rings (SSSR count). The fourth-order valence-corrected chi connectivity index (χ4v) is 3.42. The van der Waals surface area contributed by atoms with Gasteiger partial charge < -0.3 is 14.9 Å². The molecule has 1 atom stereocenters. The Morgan fingerprint density at radius 2 is 1.76 bits per heavy atom. The van der Waals surface area contributed by atoms with Crippen molar-refractivity contribution in [3.8, 4) is 0 Å². The molecule has 1 saturated heterocycles. The number of aliphatic hydroxyl groups is 2. The van der Waals surface area contributed by atoms with Gasteiger partial charge in [-0.3, -0.25) is 4.90 Å². The molecule has 1 aliphatic heterocycles. The molecule has 1 heterocycles. The molecular formula is C13H25NO3. The van der Waals surface area contributed by atoms with Gasteiger partial charge in [-0.25, -0.2) is 0 Å². The molecule has 1 unspecified atom stereocenters. The molecular weight excluding hydrogens is 218 g/mol. The molecule has 1 saturated carbocycles. The molecule has 1 aliphatic carbocycles. The predicted octanol–water partition coefficient (Wildman–Crippen LogP) is 0.765. The van der Waals surface area contributed by atoms with Crippen LogP contribution in [0.25, 0.3) is 0 Å². The predicted molar refractivity (Wildman–Crippen MR) is 65.9 cm³/mol. The highest BCUT2D eigenvalue weighted by Gasteiger charge is 2.41. The largest absolute Gasteiger partial charge is 0.395 e. The van der Waals surface area contributed by atoms with E-state index in [-0.39, 0.29) is 18.8 Å². The number of hydrogen-bond donors (Lipinski definition) is 2. The van der Waals surface area contributed by atoms with Gasteiger partial charge >= 0.3 is 0 Å². The Morgan fingerprint density at radius 1 is 1.12 bits per heavy atom. The van der Waals surface area contributed by atoms with E-state index in [0.29, 0.717) is 19.1 Å². The summed E-state index contributed by atoms with van der Waals surface area (Å²) in [6.45, 7) is 2.51. The van der Waals surface area contributed by atoms with E-state index in [0.717, 1.165) is 19.4 Å². The van der Waals surface area contributed by atoms with E-state index in [9.17, 15) is 0 Å². The van der Waals surface area contributed by atoms with Crippen molar-refractivity contribution in [2.24, 2.45) is 0 Å². The third-order valence-electron chi connectivity index (χ3n) is 4.27. The van der Waals surface area contributed by atoms with Gasteiger partial charge in [0.25, 0.3) is 0 Å². The van der Waals surface area contributed by atoms with Crippen molar-refractivity contribution in [1.82, 2.24) is 4.90 Å². The minimum atomic E-state index is 0.117. The van der Waals surface area contributed by atoms with E-state index in [4.69, 9.17) is 14.9 Å². The van der Waals surface area contributed by atoms with Crippen LogP contribution in [0.4, 0.5) is 0 Å². The summed E-state index contributed by atoms with van der Waals surface area (Å²) in [6, 6.07) is 0.473. The lowest BCUT2D eigenvalue weighted by Gasteiger charge is -2.42. The highest BCUT2D eigenvalue weighted by Crippen LogP contribution is 2.41. The Hall–Kier alpha value is -0.160. The summed E-state index contributed by atoms with van der Waals surface area (Å²) in [4.78, 5) is 2.22. The SMILES string of the molecule is OCCN(CCO)C1CCOC2(CCCC2)C1. The van der Waals surface area contributed by atoms with Crippen molar-refractivity contribution in [3.05, 3.63) is 0 Å². The number of aliphatic hydroxyl groups excluding tert-OH is 2. The lowest BCUT2D eigenvalue weighted by atomic mass is 9.88. The van der Waals surface area contributed by atoms with Crippen molar-refractivity contribution in [3.63, 3.8) is 0 Å². The average Bonchev–Trinajstić information content (AvgIpc) is 2.77. The first kappa shape index (κ1) is 13.3. The van der Waals surface area contributed by atoms with Crippen LogP contribution < -0.4 is 0 Å². The molecule has 2 N–H and O–H groups in total. The zero-order valence-corrected chi connectivity index (χ0v) is 10.6. The summed E-state index contributed by atoms with van der Waals surface area (Å²) in [5.41, 5.74) is 0.117. The lowest BCUT2D eigenvalue weighted by Crippen LogP contribution is -2.49. The van der Waals surface area contributed by atoms with Crippen LogP contribution in [0.15, 0.2) is 0 Å². The van der Waals surface area contributed by atoms with Gasteiger partial charge in [0.1, 0.15) is 0 Å². The zero-order valence-electron chi connectivity index (χ0n) is 10.6. The summed E-state index contributed by atoms with van der Waals surface area (Å²) < 4.78 is 6.01. The van der Waals surface area contributed by atoms with Gasteiger partial charge in [0.2, 0.25) is 0 Å². The third kappa shape index (κ3) is 3.19. The first-order chi connectivity index (χ1) is 8.29. The molecule has 2 fully saturated rings. The van der Waals surface area contributed by atoms with Gasteiger partial charge in [0.15, 0.2) is 0 Å². The molecule has 1 spiro atoms. The Bertz CT molecular complexity index is 223.